The average Bonchev–Trinajstić information content (AvgIpc) is 2.89. The van der Waals surface area contributed by atoms with Crippen molar-refractivity contribution in [1.29, 1.82) is 0 Å². The predicted molar refractivity (Wildman–Crippen MR) is 79.8 cm³/mol. The van der Waals surface area contributed by atoms with E-state index in [1.807, 2.05) is 30.3 Å². The predicted octanol–water partition coefficient (Wildman–Crippen LogP) is 1.44. The van der Waals surface area contributed by atoms with Crippen LogP contribution >= 0.6 is 15.9 Å². The number of rotatable bonds is 2. The Morgan fingerprint density at radius 2 is 1.80 bits per heavy atom. The van der Waals surface area contributed by atoms with Crippen LogP contribution in [-0.2, 0) is 9.31 Å². The summed E-state index contributed by atoms with van der Waals surface area (Å²) in [7, 11) is -0.478. The van der Waals surface area contributed by atoms with Gasteiger partial charge in [-0.25, -0.2) is 0 Å². The van der Waals surface area contributed by atoms with Crippen LogP contribution in [0.5, 0.6) is 0 Å². The number of benzene rings is 1. The Morgan fingerprint density at radius 1 is 1.10 bits per heavy atom. The normalized spacial score (nSPS) is 17.6. The van der Waals surface area contributed by atoms with Gasteiger partial charge in [-0.2, -0.15) is 0 Å². The molecule has 0 atom stereocenters. The molecular weight excluding hydrogens is 323 g/mol. The smallest absolute Gasteiger partial charge is 0.219 e. The van der Waals surface area contributed by atoms with Gasteiger partial charge in [0.25, 0.3) is 0 Å². The lowest BCUT2D eigenvalue weighted by molar-refractivity contribution is 0.182. The highest BCUT2D eigenvalue weighted by molar-refractivity contribution is 9.10. The van der Waals surface area contributed by atoms with Gasteiger partial charge in [0.2, 0.25) is 7.12 Å². The molecular formula is C13H14BBrN2O3-. The number of nitrogens with zero attached hydrogens (tertiary/aromatic N) is 1. The van der Waals surface area contributed by atoms with Crippen molar-refractivity contribution in [2.45, 2.75) is 0 Å². The molecule has 0 amide bonds. The summed E-state index contributed by atoms with van der Waals surface area (Å²) in [5.74, 6) is 0. The highest BCUT2D eigenvalue weighted by Crippen LogP contribution is 2.19. The minimum Gasteiger partial charge on any atom is -0.583 e. The highest BCUT2D eigenvalue weighted by atomic mass is 79.9. The van der Waals surface area contributed by atoms with Crippen LogP contribution in [0.15, 0.2) is 39.3 Å². The van der Waals surface area contributed by atoms with Crippen LogP contribution in [0.1, 0.15) is 0 Å². The van der Waals surface area contributed by atoms with Gasteiger partial charge in [0.1, 0.15) is 5.69 Å². The van der Waals surface area contributed by atoms with Crippen molar-refractivity contribution in [3.63, 3.8) is 0 Å². The lowest BCUT2D eigenvalue weighted by Gasteiger charge is -2.30. The summed E-state index contributed by atoms with van der Waals surface area (Å²) >= 11 is 3.41. The van der Waals surface area contributed by atoms with E-state index in [0.717, 1.165) is 28.8 Å². The summed E-state index contributed by atoms with van der Waals surface area (Å²) in [5.41, 5.74) is 2.38. The molecule has 2 heterocycles. The van der Waals surface area contributed by atoms with E-state index in [1.165, 1.54) is 0 Å². The quantitative estimate of drug-likeness (QED) is 0.841. The van der Waals surface area contributed by atoms with Gasteiger partial charge in [0.15, 0.2) is 0 Å². The molecule has 1 aliphatic rings. The lowest BCUT2D eigenvalue weighted by Crippen LogP contribution is -2.42. The van der Waals surface area contributed by atoms with Crippen LogP contribution in [0.25, 0.3) is 11.3 Å². The second-order valence-electron chi connectivity index (χ2n) is 4.44. The number of aromatic nitrogens is 1. The lowest BCUT2D eigenvalue weighted by atomic mass is 9.85. The minimum absolute atomic E-state index is 0.478. The Bertz CT molecular complexity index is 553. The number of hydrogen-bond donors (Lipinski definition) is 1. The minimum atomic E-state index is -0.478. The molecule has 1 aliphatic heterocycles. The fourth-order valence-corrected chi connectivity index (χ4v) is 2.24. The molecule has 0 spiro atoms. The second kappa shape index (κ2) is 6.54. The molecule has 1 N–H and O–H groups in total. The maximum atomic E-state index is 5.61. The van der Waals surface area contributed by atoms with Crippen molar-refractivity contribution in [2.24, 2.45) is 0 Å². The molecule has 105 valence electrons. The van der Waals surface area contributed by atoms with Gasteiger partial charge >= 0.3 is 0 Å². The van der Waals surface area contributed by atoms with E-state index in [1.54, 1.807) is 0 Å². The first kappa shape index (κ1) is 13.8. The Kier molecular flexibility index (Phi) is 4.52. The van der Waals surface area contributed by atoms with Crippen molar-refractivity contribution in [2.75, 3.05) is 26.3 Å². The van der Waals surface area contributed by atoms with Crippen molar-refractivity contribution in [3.05, 3.63) is 34.8 Å². The van der Waals surface area contributed by atoms with Crippen molar-refractivity contribution in [1.82, 2.24) is 10.5 Å². The van der Waals surface area contributed by atoms with E-state index in [4.69, 9.17) is 13.8 Å². The summed E-state index contributed by atoms with van der Waals surface area (Å²) < 4.78 is 17.6. The van der Waals surface area contributed by atoms with Crippen molar-refractivity contribution >= 4 is 28.7 Å². The Morgan fingerprint density at radius 3 is 2.50 bits per heavy atom. The molecule has 1 fully saturated rings. The van der Waals surface area contributed by atoms with Crippen LogP contribution in [0, 0.1) is 0 Å². The van der Waals surface area contributed by atoms with E-state index >= 15 is 0 Å². The molecule has 1 aromatic heterocycles. The summed E-state index contributed by atoms with van der Waals surface area (Å²) in [6, 6.07) is 9.77. The molecule has 0 unspecified atom stereocenters. The average molecular weight is 337 g/mol. The molecule has 3 rings (SSSR count). The summed E-state index contributed by atoms with van der Waals surface area (Å²) in [5, 5.41) is 7.27. The molecule has 20 heavy (non-hydrogen) atoms. The van der Waals surface area contributed by atoms with Crippen molar-refractivity contribution < 1.29 is 13.8 Å². The van der Waals surface area contributed by atoms with Crippen LogP contribution in [-0.4, -0.2) is 38.6 Å². The van der Waals surface area contributed by atoms with Gasteiger partial charge in [0, 0.05) is 42.0 Å². The first-order valence-corrected chi connectivity index (χ1v) is 7.29. The zero-order chi connectivity index (χ0) is 13.8. The standard InChI is InChI=1S/C13H14BBrN2O3/c15-11-3-1-10(2-4-11)12-9-13(20-17-12)14-18-7-5-16-6-8-19-14/h1-4,9,16H,5-8H2/q-1. The molecule has 7 heteroatoms. The third-order valence-corrected chi connectivity index (χ3v) is 3.53. The van der Waals surface area contributed by atoms with Gasteiger partial charge in [-0.3, -0.25) is 0 Å². The van der Waals surface area contributed by atoms with Gasteiger partial charge in [-0.05, 0) is 18.2 Å². The maximum absolute atomic E-state index is 5.61. The van der Waals surface area contributed by atoms with Crippen LogP contribution < -0.4 is 11.0 Å². The first-order chi connectivity index (χ1) is 9.83. The highest BCUT2D eigenvalue weighted by Gasteiger charge is 2.12. The maximum Gasteiger partial charge on any atom is 0.219 e. The zero-order valence-electron chi connectivity index (χ0n) is 10.8. The van der Waals surface area contributed by atoms with Crippen LogP contribution in [0.2, 0.25) is 0 Å². The number of nitrogens with one attached hydrogen (secondary N) is 1. The Labute approximate surface area is 125 Å². The first-order valence-electron chi connectivity index (χ1n) is 6.49. The zero-order valence-corrected chi connectivity index (χ0v) is 12.4. The Balaban J connectivity index is 1.76. The van der Waals surface area contributed by atoms with Gasteiger partial charge in [-0.15, -0.1) is 0 Å². The van der Waals surface area contributed by atoms with Crippen LogP contribution in [0.4, 0.5) is 0 Å². The van der Waals surface area contributed by atoms with Crippen molar-refractivity contribution in [3.8, 4) is 11.3 Å². The van der Waals surface area contributed by atoms with Gasteiger partial charge in [-0.1, -0.05) is 33.2 Å². The van der Waals surface area contributed by atoms with Gasteiger partial charge < -0.3 is 19.1 Å². The fourth-order valence-electron chi connectivity index (χ4n) is 1.97. The van der Waals surface area contributed by atoms with Gasteiger partial charge in [0.05, 0.1) is 0 Å². The molecule has 1 aromatic carbocycles. The molecule has 1 radical (unpaired) electrons. The SMILES string of the molecule is Brc1ccc(-c2cc([B-]3OCCNCCO3)on2)cc1. The largest absolute Gasteiger partial charge is 0.583 e. The molecule has 0 bridgehead atoms. The topological polar surface area (TPSA) is 56.5 Å². The third kappa shape index (κ3) is 3.30. The van der Waals surface area contributed by atoms with E-state index in [2.05, 4.69) is 26.4 Å². The second-order valence-corrected chi connectivity index (χ2v) is 5.36. The molecule has 0 aliphatic carbocycles. The number of halogens is 1. The van der Waals surface area contributed by atoms with E-state index in [9.17, 15) is 0 Å². The molecule has 1 saturated heterocycles. The monoisotopic (exact) mass is 336 g/mol. The van der Waals surface area contributed by atoms with E-state index < -0.39 is 7.12 Å². The molecule has 0 saturated carbocycles. The number of hydrogen-bond acceptors (Lipinski definition) is 5. The molecule has 5 nitrogen and oxygen atoms in total. The third-order valence-electron chi connectivity index (χ3n) is 3.00. The fraction of sp³-hybridized carbons (Fsp3) is 0.308. The summed E-state index contributed by atoms with van der Waals surface area (Å²) in [6.45, 7) is 2.79. The van der Waals surface area contributed by atoms with E-state index in [-0.39, 0.29) is 0 Å². The molecule has 2 aromatic rings. The summed E-state index contributed by atoms with van der Waals surface area (Å²) in [4.78, 5) is 0. The Hall–Kier alpha value is -1.15. The van der Waals surface area contributed by atoms with E-state index in [0.29, 0.717) is 18.9 Å². The summed E-state index contributed by atoms with van der Waals surface area (Å²) in [6.07, 6.45) is 0. The van der Waals surface area contributed by atoms with Crippen LogP contribution in [0.3, 0.4) is 0 Å².